The number of thioether (sulfide) groups is 1. The van der Waals surface area contributed by atoms with Crippen LogP contribution >= 0.6 is 11.8 Å². The van der Waals surface area contributed by atoms with Gasteiger partial charge in [-0.15, -0.1) is 0 Å². The van der Waals surface area contributed by atoms with Crippen LogP contribution in [0.3, 0.4) is 0 Å². The molecular weight excluding hydrogens is 186 g/mol. The van der Waals surface area contributed by atoms with Crippen LogP contribution < -0.4 is 10.5 Å². The fourth-order valence-electron chi connectivity index (χ4n) is 0.787. The van der Waals surface area contributed by atoms with Crippen molar-refractivity contribution in [3.63, 3.8) is 0 Å². The maximum Gasteiger partial charge on any atom is 0.241 e. The molecule has 0 aromatic carbocycles. The monoisotopic (exact) mass is 199 g/mol. The molecule has 0 fully saturated rings. The largest absolute Gasteiger partial charge is 0.479 e. The topological polar surface area (TPSA) is 61.0 Å². The Kier molecular flexibility index (Phi) is 3.82. The second-order valence-corrected chi connectivity index (χ2v) is 3.53. The van der Waals surface area contributed by atoms with E-state index in [0.717, 1.165) is 12.2 Å². The van der Waals surface area contributed by atoms with Gasteiger partial charge in [0.2, 0.25) is 5.88 Å². The van der Waals surface area contributed by atoms with Crippen LogP contribution in [0.5, 0.6) is 5.88 Å². The molecule has 0 saturated carbocycles. The first-order chi connectivity index (χ1) is 6.27. The van der Waals surface area contributed by atoms with Crippen molar-refractivity contribution in [1.82, 2.24) is 9.97 Å². The van der Waals surface area contributed by atoms with Crippen molar-refractivity contribution < 1.29 is 4.74 Å². The number of methoxy groups -OCH3 is 1. The number of hydrogen-bond donors (Lipinski definition) is 1. The van der Waals surface area contributed by atoms with E-state index in [1.807, 2.05) is 0 Å². The average molecular weight is 199 g/mol. The van der Waals surface area contributed by atoms with Crippen molar-refractivity contribution in [2.45, 2.75) is 18.5 Å². The van der Waals surface area contributed by atoms with Gasteiger partial charge in [-0.2, -0.15) is 4.98 Å². The Morgan fingerprint density at radius 2 is 2.38 bits per heavy atom. The Balaban J connectivity index is 2.74. The minimum Gasteiger partial charge on any atom is -0.479 e. The highest BCUT2D eigenvalue weighted by Crippen LogP contribution is 2.21. The lowest BCUT2D eigenvalue weighted by Gasteiger charge is -2.03. The number of rotatable bonds is 4. The SMILES string of the molecule is CCCSc1ncc(N)c(OC)n1. The molecule has 0 amide bonds. The summed E-state index contributed by atoms with van der Waals surface area (Å²) < 4.78 is 4.98. The fourth-order valence-corrected chi connectivity index (χ4v) is 1.45. The predicted molar refractivity (Wildman–Crippen MR) is 54.0 cm³/mol. The Labute approximate surface area is 81.9 Å². The molecule has 0 saturated heterocycles. The molecule has 0 aliphatic rings. The lowest BCUT2D eigenvalue weighted by Crippen LogP contribution is -1.98. The summed E-state index contributed by atoms with van der Waals surface area (Å²) in [5, 5.41) is 0.716. The van der Waals surface area contributed by atoms with Gasteiger partial charge in [-0.25, -0.2) is 4.98 Å². The quantitative estimate of drug-likeness (QED) is 0.589. The molecule has 4 nitrogen and oxygen atoms in total. The molecule has 1 heterocycles. The number of nitrogens with zero attached hydrogens (tertiary/aromatic N) is 2. The number of hydrogen-bond acceptors (Lipinski definition) is 5. The maximum absolute atomic E-state index is 5.57. The molecule has 0 unspecified atom stereocenters. The van der Waals surface area contributed by atoms with Gasteiger partial charge in [0.1, 0.15) is 5.69 Å². The van der Waals surface area contributed by atoms with E-state index in [4.69, 9.17) is 10.5 Å². The van der Waals surface area contributed by atoms with Crippen LogP contribution in [-0.2, 0) is 0 Å². The van der Waals surface area contributed by atoms with Gasteiger partial charge in [0.05, 0.1) is 13.3 Å². The summed E-state index contributed by atoms with van der Waals surface area (Å²) >= 11 is 1.60. The zero-order valence-corrected chi connectivity index (χ0v) is 8.60. The highest BCUT2D eigenvalue weighted by Gasteiger charge is 2.03. The van der Waals surface area contributed by atoms with Gasteiger partial charge in [-0.3, -0.25) is 0 Å². The standard InChI is InChI=1S/C8H13N3OS/c1-3-4-13-8-10-5-6(9)7(11-8)12-2/h5H,3-4,9H2,1-2H3. The lowest BCUT2D eigenvalue weighted by atomic mass is 10.5. The minimum atomic E-state index is 0.452. The van der Waals surface area contributed by atoms with Gasteiger partial charge >= 0.3 is 0 Å². The van der Waals surface area contributed by atoms with E-state index in [9.17, 15) is 0 Å². The first kappa shape index (κ1) is 10.1. The Hall–Kier alpha value is -0.970. The molecule has 0 radical (unpaired) electrons. The summed E-state index contributed by atoms with van der Waals surface area (Å²) in [7, 11) is 1.55. The predicted octanol–water partition coefficient (Wildman–Crippen LogP) is 1.57. The molecule has 0 spiro atoms. The fraction of sp³-hybridized carbons (Fsp3) is 0.500. The van der Waals surface area contributed by atoms with Crippen LogP contribution in [0.4, 0.5) is 5.69 Å². The second-order valence-electron chi connectivity index (χ2n) is 2.47. The highest BCUT2D eigenvalue weighted by molar-refractivity contribution is 7.99. The second kappa shape index (κ2) is 4.91. The third-order valence-electron chi connectivity index (χ3n) is 1.39. The van der Waals surface area contributed by atoms with Crippen molar-refractivity contribution in [3.05, 3.63) is 6.20 Å². The molecule has 72 valence electrons. The molecule has 1 rings (SSSR count). The van der Waals surface area contributed by atoms with Crippen molar-refractivity contribution in [1.29, 1.82) is 0 Å². The molecular formula is C8H13N3OS. The third kappa shape index (κ3) is 2.77. The summed E-state index contributed by atoms with van der Waals surface area (Å²) in [6.45, 7) is 2.11. The molecule has 1 aromatic heterocycles. The van der Waals surface area contributed by atoms with Crippen LogP contribution in [0, 0.1) is 0 Å². The summed E-state index contributed by atoms with van der Waals surface area (Å²) in [4.78, 5) is 8.20. The van der Waals surface area contributed by atoms with Crippen molar-refractivity contribution in [2.24, 2.45) is 0 Å². The van der Waals surface area contributed by atoms with E-state index < -0.39 is 0 Å². The summed E-state index contributed by atoms with van der Waals surface area (Å²) in [5.41, 5.74) is 6.04. The smallest absolute Gasteiger partial charge is 0.241 e. The normalized spacial score (nSPS) is 10.0. The Bertz CT molecular complexity index is 280. The van der Waals surface area contributed by atoms with Crippen LogP contribution in [0.15, 0.2) is 11.4 Å². The number of nitrogen functional groups attached to an aromatic ring is 1. The average Bonchev–Trinajstić information content (AvgIpc) is 2.16. The Morgan fingerprint density at radius 3 is 3.00 bits per heavy atom. The van der Waals surface area contributed by atoms with Crippen molar-refractivity contribution >= 4 is 17.4 Å². The van der Waals surface area contributed by atoms with Gasteiger partial charge in [0.25, 0.3) is 0 Å². The zero-order chi connectivity index (χ0) is 9.68. The lowest BCUT2D eigenvalue weighted by molar-refractivity contribution is 0.395. The van der Waals surface area contributed by atoms with E-state index in [-0.39, 0.29) is 0 Å². The van der Waals surface area contributed by atoms with E-state index in [1.54, 1.807) is 25.1 Å². The van der Waals surface area contributed by atoms with Crippen molar-refractivity contribution in [3.8, 4) is 5.88 Å². The van der Waals surface area contributed by atoms with Gasteiger partial charge in [-0.1, -0.05) is 18.7 Å². The van der Waals surface area contributed by atoms with Gasteiger partial charge in [0.15, 0.2) is 5.16 Å². The van der Waals surface area contributed by atoms with E-state index in [1.165, 1.54) is 0 Å². The van der Waals surface area contributed by atoms with Gasteiger partial charge in [-0.05, 0) is 6.42 Å². The third-order valence-corrected chi connectivity index (χ3v) is 2.45. The molecule has 5 heteroatoms. The number of nitrogens with two attached hydrogens (primary N) is 1. The van der Waals surface area contributed by atoms with Gasteiger partial charge < -0.3 is 10.5 Å². The molecule has 2 N–H and O–H groups in total. The van der Waals surface area contributed by atoms with Gasteiger partial charge in [0, 0.05) is 5.75 Å². The molecule has 0 aliphatic carbocycles. The number of aromatic nitrogens is 2. The first-order valence-electron chi connectivity index (χ1n) is 4.07. The van der Waals surface area contributed by atoms with E-state index in [2.05, 4.69) is 16.9 Å². The van der Waals surface area contributed by atoms with Crippen LogP contribution in [-0.4, -0.2) is 22.8 Å². The summed E-state index contributed by atoms with van der Waals surface area (Å²) in [6, 6.07) is 0. The van der Waals surface area contributed by atoms with Crippen LogP contribution in [0.25, 0.3) is 0 Å². The summed E-state index contributed by atoms with van der Waals surface area (Å²) in [6.07, 6.45) is 2.67. The van der Waals surface area contributed by atoms with Crippen LogP contribution in [0.1, 0.15) is 13.3 Å². The maximum atomic E-state index is 5.57. The summed E-state index contributed by atoms with van der Waals surface area (Å²) in [5.74, 6) is 1.46. The zero-order valence-electron chi connectivity index (χ0n) is 7.78. The molecule has 0 aliphatic heterocycles. The Morgan fingerprint density at radius 1 is 1.62 bits per heavy atom. The minimum absolute atomic E-state index is 0.452. The number of anilines is 1. The highest BCUT2D eigenvalue weighted by atomic mass is 32.2. The van der Waals surface area contributed by atoms with E-state index >= 15 is 0 Å². The van der Waals surface area contributed by atoms with Crippen LogP contribution in [0.2, 0.25) is 0 Å². The van der Waals surface area contributed by atoms with E-state index in [0.29, 0.717) is 16.7 Å². The van der Waals surface area contributed by atoms with Crippen molar-refractivity contribution in [2.75, 3.05) is 18.6 Å². The number of ether oxygens (including phenoxy) is 1. The molecule has 13 heavy (non-hydrogen) atoms. The molecule has 0 atom stereocenters. The molecule has 0 bridgehead atoms. The first-order valence-corrected chi connectivity index (χ1v) is 5.05. The molecule has 1 aromatic rings.